The maximum absolute atomic E-state index is 12.8. The molecule has 0 fully saturated rings. The van der Waals surface area contributed by atoms with Gasteiger partial charge in [0, 0.05) is 17.0 Å². The molecule has 1 aromatic rings. The third kappa shape index (κ3) is 6.64. The number of carbonyl (C=O) groups is 1. The molecule has 0 unspecified atom stereocenters. The topological polar surface area (TPSA) is 61.8 Å². The zero-order valence-corrected chi connectivity index (χ0v) is 15.4. The number of carbonyl (C=O) groups excluding carboxylic acids is 1. The van der Waals surface area contributed by atoms with Crippen LogP contribution in [0.25, 0.3) is 0 Å². The van der Waals surface area contributed by atoms with Crippen molar-refractivity contribution < 1.29 is 23.1 Å². The lowest BCUT2D eigenvalue weighted by Gasteiger charge is -2.24. The summed E-state index contributed by atoms with van der Waals surface area (Å²) in [5.41, 5.74) is 0.596. The Bertz CT molecular complexity index is 539. The quantitative estimate of drug-likeness (QED) is 0.433. The maximum Gasteiger partial charge on any atom is 0.334 e. The molecule has 1 rings (SSSR count). The van der Waals surface area contributed by atoms with Crippen LogP contribution in [0.15, 0.2) is 24.3 Å². The first-order valence-corrected chi connectivity index (χ1v) is 9.88. The Hall–Kier alpha value is -0.870. The lowest BCUT2D eigenvalue weighted by Crippen LogP contribution is -2.17. The van der Waals surface area contributed by atoms with Gasteiger partial charge in [-0.25, -0.2) is 0 Å². The fourth-order valence-corrected chi connectivity index (χ4v) is 4.10. The minimum absolute atomic E-state index is 0.0616. The van der Waals surface area contributed by atoms with E-state index in [-0.39, 0.29) is 31.8 Å². The molecule has 0 bridgehead atoms. The molecule has 0 aliphatic rings. The van der Waals surface area contributed by atoms with Crippen molar-refractivity contribution >= 4 is 25.2 Å². The highest BCUT2D eigenvalue weighted by Gasteiger charge is 2.32. The third-order valence-electron chi connectivity index (χ3n) is 3.02. The molecule has 0 heterocycles. The number of halogens is 1. The Labute approximate surface area is 142 Å². The summed E-state index contributed by atoms with van der Waals surface area (Å²) < 4.78 is 28.9. The molecule has 23 heavy (non-hydrogen) atoms. The van der Waals surface area contributed by atoms with E-state index in [0.29, 0.717) is 17.0 Å². The molecule has 0 aromatic heterocycles. The summed E-state index contributed by atoms with van der Waals surface area (Å²) >= 11 is 6.20. The van der Waals surface area contributed by atoms with Gasteiger partial charge >= 0.3 is 13.6 Å². The fraction of sp³-hybridized carbons (Fsp3) is 0.562. The van der Waals surface area contributed by atoms with Crippen LogP contribution in [0.4, 0.5) is 0 Å². The van der Waals surface area contributed by atoms with Crippen molar-refractivity contribution in [3.63, 3.8) is 0 Å². The largest absolute Gasteiger partial charge is 0.457 e. The highest BCUT2D eigenvalue weighted by atomic mass is 35.5. The zero-order valence-electron chi connectivity index (χ0n) is 13.8. The van der Waals surface area contributed by atoms with Crippen LogP contribution in [0, 0.1) is 0 Å². The molecule has 130 valence electrons. The number of hydrogen-bond donors (Lipinski definition) is 0. The molecule has 0 saturated heterocycles. The maximum atomic E-state index is 12.8. The lowest BCUT2D eigenvalue weighted by molar-refractivity contribution is -0.148. The summed E-state index contributed by atoms with van der Waals surface area (Å²) in [4.78, 5) is 11.9. The van der Waals surface area contributed by atoms with Crippen LogP contribution in [0.1, 0.15) is 45.3 Å². The SMILES string of the molecule is CCCC(=O)O[C@@H](CP(=O)(OCC)OCC)c1ccccc1Cl. The second kappa shape index (κ2) is 10.1. The van der Waals surface area contributed by atoms with Crippen molar-refractivity contribution in [1.82, 2.24) is 0 Å². The number of rotatable bonds is 10. The van der Waals surface area contributed by atoms with Crippen LogP contribution in [-0.2, 0) is 23.1 Å². The van der Waals surface area contributed by atoms with Gasteiger partial charge in [0.1, 0.15) is 6.10 Å². The summed E-state index contributed by atoms with van der Waals surface area (Å²) in [5, 5.41) is 0.446. The Kier molecular flexibility index (Phi) is 8.85. The number of benzene rings is 1. The average Bonchev–Trinajstić information content (AvgIpc) is 2.47. The Morgan fingerprint density at radius 1 is 1.17 bits per heavy atom. The van der Waals surface area contributed by atoms with Crippen molar-refractivity contribution in [3.05, 3.63) is 34.9 Å². The van der Waals surface area contributed by atoms with Crippen LogP contribution in [0.3, 0.4) is 0 Å². The van der Waals surface area contributed by atoms with E-state index in [1.165, 1.54) is 0 Å². The van der Waals surface area contributed by atoms with Gasteiger partial charge in [-0.2, -0.15) is 0 Å². The van der Waals surface area contributed by atoms with E-state index in [2.05, 4.69) is 0 Å². The molecule has 1 aromatic carbocycles. The first kappa shape index (κ1) is 20.2. The first-order valence-electron chi connectivity index (χ1n) is 7.77. The van der Waals surface area contributed by atoms with E-state index in [1.54, 1.807) is 38.1 Å². The molecule has 0 amide bonds. The Morgan fingerprint density at radius 2 is 1.78 bits per heavy atom. The van der Waals surface area contributed by atoms with E-state index in [0.717, 1.165) is 0 Å². The molecular weight excluding hydrogens is 339 g/mol. The molecule has 0 saturated carbocycles. The highest BCUT2D eigenvalue weighted by molar-refractivity contribution is 7.53. The normalized spacial score (nSPS) is 12.9. The Balaban J connectivity index is 3.06. The molecule has 0 spiro atoms. The summed E-state index contributed by atoms with van der Waals surface area (Å²) in [6.07, 6.45) is 0.122. The second-order valence-electron chi connectivity index (χ2n) is 4.88. The lowest BCUT2D eigenvalue weighted by atomic mass is 10.1. The summed E-state index contributed by atoms with van der Waals surface area (Å²) in [6.45, 7) is 5.85. The minimum Gasteiger partial charge on any atom is -0.457 e. The van der Waals surface area contributed by atoms with E-state index in [9.17, 15) is 9.36 Å². The predicted molar refractivity (Wildman–Crippen MR) is 90.9 cm³/mol. The van der Waals surface area contributed by atoms with Gasteiger partial charge in [-0.05, 0) is 26.3 Å². The van der Waals surface area contributed by atoms with Crippen LogP contribution < -0.4 is 0 Å². The monoisotopic (exact) mass is 362 g/mol. The van der Waals surface area contributed by atoms with Crippen molar-refractivity contribution in [2.45, 2.75) is 39.7 Å². The predicted octanol–water partition coefficient (Wildman–Crippen LogP) is 4.99. The van der Waals surface area contributed by atoms with E-state index in [1.807, 2.05) is 6.92 Å². The standard InChI is InChI=1S/C16H24ClO5P/c1-4-9-16(18)22-15(13-10-7-8-11-14(13)17)12-23(19,20-5-2)21-6-3/h7-8,10-11,15H,4-6,9,12H2,1-3H3/t15-/m0/s1. The van der Waals surface area contributed by atoms with Crippen LogP contribution in [0.2, 0.25) is 5.02 Å². The van der Waals surface area contributed by atoms with Gasteiger partial charge in [-0.15, -0.1) is 0 Å². The molecule has 5 nitrogen and oxygen atoms in total. The number of hydrogen-bond acceptors (Lipinski definition) is 5. The molecule has 0 radical (unpaired) electrons. The van der Waals surface area contributed by atoms with Crippen LogP contribution in [0.5, 0.6) is 0 Å². The van der Waals surface area contributed by atoms with Crippen molar-refractivity contribution in [2.24, 2.45) is 0 Å². The van der Waals surface area contributed by atoms with E-state index in [4.69, 9.17) is 25.4 Å². The van der Waals surface area contributed by atoms with Gasteiger partial charge in [0.15, 0.2) is 0 Å². The minimum atomic E-state index is -3.37. The molecule has 0 N–H and O–H groups in total. The summed E-state index contributed by atoms with van der Waals surface area (Å²) in [5.74, 6) is -0.364. The molecular formula is C16H24ClO5P. The molecule has 7 heteroatoms. The van der Waals surface area contributed by atoms with E-state index < -0.39 is 13.7 Å². The van der Waals surface area contributed by atoms with Gasteiger partial charge in [0.25, 0.3) is 0 Å². The first-order chi connectivity index (χ1) is 11.0. The third-order valence-corrected chi connectivity index (χ3v) is 5.45. The molecule has 0 aliphatic carbocycles. The van der Waals surface area contributed by atoms with Gasteiger partial charge in [-0.1, -0.05) is 36.7 Å². The van der Waals surface area contributed by atoms with Crippen molar-refractivity contribution in [3.8, 4) is 0 Å². The number of ether oxygens (including phenoxy) is 1. The fourth-order valence-electron chi connectivity index (χ4n) is 2.10. The molecule has 0 aliphatic heterocycles. The van der Waals surface area contributed by atoms with Crippen molar-refractivity contribution in [1.29, 1.82) is 0 Å². The number of esters is 1. The van der Waals surface area contributed by atoms with Crippen LogP contribution >= 0.6 is 19.2 Å². The van der Waals surface area contributed by atoms with Gasteiger partial charge < -0.3 is 13.8 Å². The van der Waals surface area contributed by atoms with Gasteiger partial charge in [-0.3, -0.25) is 9.36 Å². The summed E-state index contributed by atoms with van der Waals surface area (Å²) in [6, 6.07) is 7.01. The second-order valence-corrected chi connectivity index (χ2v) is 7.39. The summed E-state index contributed by atoms with van der Waals surface area (Å²) in [7, 11) is -3.37. The smallest absolute Gasteiger partial charge is 0.334 e. The van der Waals surface area contributed by atoms with Crippen molar-refractivity contribution in [2.75, 3.05) is 19.4 Å². The zero-order chi connectivity index (χ0) is 17.3. The average molecular weight is 363 g/mol. The Morgan fingerprint density at radius 3 is 2.30 bits per heavy atom. The van der Waals surface area contributed by atoms with Gasteiger partial charge in [0.2, 0.25) is 0 Å². The van der Waals surface area contributed by atoms with E-state index >= 15 is 0 Å². The van der Waals surface area contributed by atoms with Crippen LogP contribution in [-0.4, -0.2) is 25.3 Å². The highest BCUT2D eigenvalue weighted by Crippen LogP contribution is 2.52. The molecule has 1 atom stereocenters. The van der Waals surface area contributed by atoms with Gasteiger partial charge in [0.05, 0.1) is 19.4 Å².